The van der Waals surface area contributed by atoms with Gasteiger partial charge in [0.1, 0.15) is 17.5 Å². The van der Waals surface area contributed by atoms with E-state index in [9.17, 15) is 0 Å². The van der Waals surface area contributed by atoms with Gasteiger partial charge in [0, 0.05) is 43.6 Å². The Labute approximate surface area is 114 Å². The van der Waals surface area contributed by atoms with Crippen LogP contribution in [0.5, 0.6) is 0 Å². The highest BCUT2D eigenvalue weighted by molar-refractivity contribution is 7.99. The van der Waals surface area contributed by atoms with Gasteiger partial charge in [0.15, 0.2) is 0 Å². The quantitative estimate of drug-likeness (QED) is 0.906. The lowest BCUT2D eigenvalue weighted by Gasteiger charge is -2.29. The molecule has 1 fully saturated rings. The van der Waals surface area contributed by atoms with Gasteiger partial charge in [-0.15, -0.1) is 0 Å². The average Bonchev–Trinajstić information content (AvgIpc) is 2.42. The Morgan fingerprint density at radius 3 is 2.61 bits per heavy atom. The van der Waals surface area contributed by atoms with Crippen molar-refractivity contribution in [3.05, 3.63) is 11.4 Å². The Morgan fingerprint density at radius 1 is 1.28 bits per heavy atom. The number of nitrogens with one attached hydrogen (secondary N) is 1. The first-order valence-corrected chi connectivity index (χ1v) is 7.79. The van der Waals surface area contributed by atoms with Crippen molar-refractivity contribution in [1.29, 1.82) is 0 Å². The normalized spacial score (nSPS) is 15.8. The SMILES string of the molecule is CCCc1nc(NC)c(C)c(N2CCSCC2)n1. The molecule has 0 amide bonds. The van der Waals surface area contributed by atoms with Gasteiger partial charge in [-0.1, -0.05) is 6.92 Å². The Balaban J connectivity index is 2.33. The van der Waals surface area contributed by atoms with E-state index in [2.05, 4.69) is 29.0 Å². The summed E-state index contributed by atoms with van der Waals surface area (Å²) in [6.07, 6.45) is 2.03. The van der Waals surface area contributed by atoms with Gasteiger partial charge in [-0.05, 0) is 13.3 Å². The van der Waals surface area contributed by atoms with E-state index in [0.29, 0.717) is 0 Å². The maximum Gasteiger partial charge on any atom is 0.137 e. The summed E-state index contributed by atoms with van der Waals surface area (Å²) in [6, 6.07) is 0. The standard InChI is InChI=1S/C13H22N4S/c1-4-5-11-15-12(14-3)10(2)13(16-11)17-6-8-18-9-7-17/h4-9H2,1-3H3,(H,14,15,16). The smallest absolute Gasteiger partial charge is 0.137 e. The number of thioether (sulfide) groups is 1. The van der Waals surface area contributed by atoms with E-state index in [-0.39, 0.29) is 0 Å². The van der Waals surface area contributed by atoms with Gasteiger partial charge < -0.3 is 10.2 Å². The fourth-order valence-corrected chi connectivity index (χ4v) is 3.11. The minimum atomic E-state index is 0.949. The monoisotopic (exact) mass is 266 g/mol. The molecule has 0 aromatic carbocycles. The molecule has 100 valence electrons. The third-order valence-electron chi connectivity index (χ3n) is 3.19. The zero-order valence-electron chi connectivity index (χ0n) is 11.5. The van der Waals surface area contributed by atoms with E-state index in [4.69, 9.17) is 4.98 Å². The number of rotatable bonds is 4. The summed E-state index contributed by atoms with van der Waals surface area (Å²) in [5.41, 5.74) is 1.17. The van der Waals surface area contributed by atoms with Crippen LogP contribution in [0, 0.1) is 6.92 Å². The highest BCUT2D eigenvalue weighted by Crippen LogP contribution is 2.25. The second-order valence-corrected chi connectivity index (χ2v) is 5.76. The van der Waals surface area contributed by atoms with Crippen LogP contribution in [0.1, 0.15) is 24.7 Å². The Bertz CT molecular complexity index is 402. The number of aryl methyl sites for hydroxylation is 1. The first-order valence-electron chi connectivity index (χ1n) is 6.64. The van der Waals surface area contributed by atoms with Crippen LogP contribution >= 0.6 is 11.8 Å². The zero-order valence-corrected chi connectivity index (χ0v) is 12.3. The molecule has 0 bridgehead atoms. The Morgan fingerprint density at radius 2 is 2.00 bits per heavy atom. The van der Waals surface area contributed by atoms with Crippen LogP contribution < -0.4 is 10.2 Å². The maximum atomic E-state index is 4.76. The molecule has 0 aliphatic carbocycles. The molecule has 1 aromatic heterocycles. The molecule has 2 heterocycles. The van der Waals surface area contributed by atoms with Crippen molar-refractivity contribution in [3.63, 3.8) is 0 Å². The van der Waals surface area contributed by atoms with Crippen LogP contribution in [0.4, 0.5) is 11.6 Å². The molecule has 4 nitrogen and oxygen atoms in total. The van der Waals surface area contributed by atoms with Crippen molar-refractivity contribution in [3.8, 4) is 0 Å². The predicted molar refractivity (Wildman–Crippen MR) is 79.8 cm³/mol. The fraction of sp³-hybridized carbons (Fsp3) is 0.692. The number of hydrogen-bond acceptors (Lipinski definition) is 5. The van der Waals surface area contributed by atoms with Gasteiger partial charge in [0.2, 0.25) is 0 Å². The largest absolute Gasteiger partial charge is 0.373 e. The third-order valence-corrected chi connectivity index (χ3v) is 4.13. The van der Waals surface area contributed by atoms with E-state index in [1.807, 2.05) is 18.8 Å². The molecule has 1 N–H and O–H groups in total. The molecular formula is C13H22N4S. The lowest BCUT2D eigenvalue weighted by Crippen LogP contribution is -2.34. The van der Waals surface area contributed by atoms with E-state index in [1.54, 1.807) is 0 Å². The minimum Gasteiger partial charge on any atom is -0.373 e. The van der Waals surface area contributed by atoms with Crippen molar-refractivity contribution in [2.75, 3.05) is 41.9 Å². The van der Waals surface area contributed by atoms with E-state index >= 15 is 0 Å². The van der Waals surface area contributed by atoms with Crippen LogP contribution in [0.15, 0.2) is 0 Å². The van der Waals surface area contributed by atoms with Crippen LogP contribution in [0.2, 0.25) is 0 Å². The number of anilines is 2. The first-order chi connectivity index (χ1) is 8.76. The molecule has 0 atom stereocenters. The summed E-state index contributed by atoms with van der Waals surface area (Å²) in [5.74, 6) is 5.45. The highest BCUT2D eigenvalue weighted by atomic mass is 32.2. The molecular weight excluding hydrogens is 244 g/mol. The van der Waals surface area contributed by atoms with E-state index < -0.39 is 0 Å². The van der Waals surface area contributed by atoms with E-state index in [1.165, 1.54) is 17.1 Å². The van der Waals surface area contributed by atoms with Crippen molar-refractivity contribution in [1.82, 2.24) is 9.97 Å². The van der Waals surface area contributed by atoms with Crippen LogP contribution in [-0.2, 0) is 6.42 Å². The average molecular weight is 266 g/mol. The minimum absolute atomic E-state index is 0.949. The van der Waals surface area contributed by atoms with Crippen LogP contribution in [0.25, 0.3) is 0 Å². The fourth-order valence-electron chi connectivity index (χ4n) is 2.21. The molecule has 1 aromatic rings. The molecule has 18 heavy (non-hydrogen) atoms. The summed E-state index contributed by atoms with van der Waals surface area (Å²) in [4.78, 5) is 11.7. The number of hydrogen-bond donors (Lipinski definition) is 1. The van der Waals surface area contributed by atoms with Crippen molar-refractivity contribution in [2.45, 2.75) is 26.7 Å². The van der Waals surface area contributed by atoms with Gasteiger partial charge in [-0.2, -0.15) is 11.8 Å². The van der Waals surface area contributed by atoms with E-state index in [0.717, 1.165) is 43.4 Å². The molecule has 2 rings (SSSR count). The number of aromatic nitrogens is 2. The zero-order chi connectivity index (χ0) is 13.0. The van der Waals surface area contributed by atoms with Gasteiger partial charge in [-0.3, -0.25) is 0 Å². The van der Waals surface area contributed by atoms with Gasteiger partial charge in [0.25, 0.3) is 0 Å². The molecule has 1 aliphatic rings. The van der Waals surface area contributed by atoms with Crippen molar-refractivity contribution >= 4 is 23.4 Å². The predicted octanol–water partition coefficient (Wildman–Crippen LogP) is 2.33. The molecule has 1 saturated heterocycles. The highest BCUT2D eigenvalue weighted by Gasteiger charge is 2.18. The van der Waals surface area contributed by atoms with Crippen LogP contribution in [0.3, 0.4) is 0 Å². The van der Waals surface area contributed by atoms with Crippen molar-refractivity contribution in [2.24, 2.45) is 0 Å². The molecule has 0 spiro atoms. The molecule has 0 saturated carbocycles. The summed E-state index contributed by atoms with van der Waals surface area (Å²) in [5, 5.41) is 3.19. The summed E-state index contributed by atoms with van der Waals surface area (Å²) >= 11 is 2.02. The van der Waals surface area contributed by atoms with Gasteiger partial charge in [0.05, 0.1) is 0 Å². The third kappa shape index (κ3) is 2.88. The first kappa shape index (κ1) is 13.5. The second kappa shape index (κ2) is 6.27. The lowest BCUT2D eigenvalue weighted by molar-refractivity contribution is 0.789. The lowest BCUT2D eigenvalue weighted by atomic mass is 10.2. The summed E-state index contributed by atoms with van der Waals surface area (Å²) < 4.78 is 0. The molecule has 0 unspecified atom stereocenters. The number of nitrogens with zero attached hydrogens (tertiary/aromatic N) is 3. The van der Waals surface area contributed by atoms with Crippen LogP contribution in [-0.4, -0.2) is 41.6 Å². The molecule has 1 aliphatic heterocycles. The van der Waals surface area contributed by atoms with Gasteiger partial charge >= 0.3 is 0 Å². The summed E-state index contributed by atoms with van der Waals surface area (Å²) in [6.45, 7) is 6.46. The maximum absolute atomic E-state index is 4.76. The topological polar surface area (TPSA) is 41.1 Å². The van der Waals surface area contributed by atoms with Gasteiger partial charge in [-0.25, -0.2) is 9.97 Å². The Hall–Kier alpha value is -0.970. The van der Waals surface area contributed by atoms with Crippen molar-refractivity contribution < 1.29 is 0 Å². The Kier molecular flexibility index (Phi) is 4.69. The molecule has 0 radical (unpaired) electrons. The molecule has 5 heteroatoms. The summed E-state index contributed by atoms with van der Waals surface area (Å²) in [7, 11) is 1.93. The second-order valence-electron chi connectivity index (χ2n) is 4.54.